The average molecular weight is 541 g/mol. The highest BCUT2D eigenvalue weighted by atomic mass is 16.6. The van der Waals surface area contributed by atoms with Crippen LogP contribution < -0.4 is 9.64 Å². The number of hydrogen-bond donors (Lipinski definition) is 0. The molecule has 3 heterocycles. The Morgan fingerprint density at radius 1 is 1.03 bits per heavy atom. The van der Waals surface area contributed by atoms with Crippen LogP contribution in [0.25, 0.3) is 0 Å². The monoisotopic (exact) mass is 540 g/mol. The smallest absolute Gasteiger partial charge is 0.416 e. The Bertz CT molecular complexity index is 1130. The summed E-state index contributed by atoms with van der Waals surface area (Å²) in [7, 11) is 2.80. The molecule has 1 unspecified atom stereocenters. The van der Waals surface area contributed by atoms with E-state index in [1.54, 1.807) is 17.3 Å². The molecule has 0 radical (unpaired) electrons. The number of carbonyl (C=O) groups is 3. The van der Waals surface area contributed by atoms with Crippen molar-refractivity contribution in [2.75, 3.05) is 25.7 Å². The maximum absolute atomic E-state index is 12.9. The number of carbonyl (C=O) groups excluding carboxylic acids is 3. The fraction of sp³-hybridized carbons (Fsp3) is 0.586. The summed E-state index contributed by atoms with van der Waals surface area (Å²) >= 11 is 0. The Hall–Kier alpha value is -3.56. The van der Waals surface area contributed by atoms with E-state index in [9.17, 15) is 14.4 Å². The SMILES string of the molecule is COC(=O)CC(CC(=O)CCCCc1ccc2c(n1)N(C(=O)OC(C)(C)C)CCCC2)c1cnc(OC)nc1. The van der Waals surface area contributed by atoms with E-state index >= 15 is 0 Å². The molecule has 0 spiro atoms. The molecule has 3 rings (SSSR count). The van der Waals surface area contributed by atoms with Crippen molar-refractivity contribution in [3.63, 3.8) is 0 Å². The summed E-state index contributed by atoms with van der Waals surface area (Å²) < 4.78 is 15.4. The highest BCUT2D eigenvalue weighted by Gasteiger charge is 2.27. The first-order valence-electron chi connectivity index (χ1n) is 13.5. The van der Waals surface area contributed by atoms with Crippen molar-refractivity contribution in [1.29, 1.82) is 0 Å². The van der Waals surface area contributed by atoms with Crippen molar-refractivity contribution in [2.45, 2.75) is 90.1 Å². The second-order valence-corrected chi connectivity index (χ2v) is 10.8. The normalized spacial score (nSPS) is 14.1. The van der Waals surface area contributed by atoms with Gasteiger partial charge in [-0.15, -0.1) is 0 Å². The number of anilines is 1. The van der Waals surface area contributed by atoms with E-state index in [4.69, 9.17) is 19.2 Å². The van der Waals surface area contributed by atoms with Gasteiger partial charge in [-0.05, 0) is 76.5 Å². The number of ether oxygens (including phenoxy) is 3. The third kappa shape index (κ3) is 9.30. The number of unbranched alkanes of at least 4 members (excludes halogenated alkanes) is 1. The first kappa shape index (κ1) is 30.0. The molecular formula is C29H40N4O6. The zero-order valence-electron chi connectivity index (χ0n) is 23.7. The van der Waals surface area contributed by atoms with Gasteiger partial charge in [0, 0.05) is 43.4 Å². The number of fused-ring (bicyclic) bond motifs is 1. The molecule has 1 atom stereocenters. The Kier molecular flexibility index (Phi) is 10.8. The maximum Gasteiger partial charge on any atom is 0.416 e. The third-order valence-electron chi connectivity index (χ3n) is 6.52. The van der Waals surface area contributed by atoms with Crippen molar-refractivity contribution >= 4 is 23.7 Å². The molecule has 1 amide bonds. The lowest BCUT2D eigenvalue weighted by Crippen LogP contribution is -2.38. The molecule has 1 aliphatic rings. The third-order valence-corrected chi connectivity index (χ3v) is 6.52. The van der Waals surface area contributed by atoms with Gasteiger partial charge in [0.1, 0.15) is 17.2 Å². The average Bonchev–Trinajstić information content (AvgIpc) is 3.12. The standard InChI is InChI=1S/C29H40N4O6/c1-29(2,3)39-28(36)33-15-9-8-10-20-13-14-23(32-26(20)33)11-6-7-12-24(34)16-21(17-25(35)37-4)22-18-30-27(38-5)31-19-22/h13-14,18-19,21H,6-12,15-17H2,1-5H3. The van der Waals surface area contributed by atoms with Crippen LogP contribution in [0.1, 0.15) is 88.5 Å². The fourth-order valence-corrected chi connectivity index (χ4v) is 4.51. The molecule has 2 aromatic heterocycles. The number of aryl methyl sites for hydroxylation is 2. The second kappa shape index (κ2) is 14.0. The minimum atomic E-state index is -0.579. The molecule has 0 bridgehead atoms. The summed E-state index contributed by atoms with van der Waals surface area (Å²) in [5.74, 6) is -0.00679. The second-order valence-electron chi connectivity index (χ2n) is 10.8. The number of nitrogens with zero attached hydrogens (tertiary/aromatic N) is 4. The number of Topliss-reactive ketones (excluding diaryl/α,β-unsaturated/α-hetero) is 1. The van der Waals surface area contributed by atoms with Gasteiger partial charge in [0.25, 0.3) is 0 Å². The molecule has 212 valence electrons. The van der Waals surface area contributed by atoms with Crippen molar-refractivity contribution < 1.29 is 28.6 Å². The van der Waals surface area contributed by atoms with Gasteiger partial charge in [-0.1, -0.05) is 6.07 Å². The van der Waals surface area contributed by atoms with Gasteiger partial charge in [0.2, 0.25) is 0 Å². The Labute approximate surface area is 230 Å². The van der Waals surface area contributed by atoms with Crippen molar-refractivity contribution in [2.24, 2.45) is 0 Å². The van der Waals surface area contributed by atoms with Gasteiger partial charge >= 0.3 is 18.1 Å². The van der Waals surface area contributed by atoms with Crippen LogP contribution in [-0.2, 0) is 31.9 Å². The summed E-state index contributed by atoms with van der Waals surface area (Å²) in [4.78, 5) is 52.3. The lowest BCUT2D eigenvalue weighted by Gasteiger charge is -2.27. The van der Waals surface area contributed by atoms with Crippen LogP contribution in [0.15, 0.2) is 24.5 Å². The first-order chi connectivity index (χ1) is 18.6. The van der Waals surface area contributed by atoms with Gasteiger partial charge in [0.15, 0.2) is 0 Å². The number of esters is 1. The summed E-state index contributed by atoms with van der Waals surface area (Å²) in [6.45, 7) is 6.16. The van der Waals surface area contributed by atoms with E-state index in [0.717, 1.165) is 36.9 Å². The Morgan fingerprint density at radius 3 is 2.44 bits per heavy atom. The lowest BCUT2D eigenvalue weighted by atomic mass is 9.91. The van der Waals surface area contributed by atoms with E-state index in [-0.39, 0.29) is 36.6 Å². The van der Waals surface area contributed by atoms with Crippen LogP contribution in [0.2, 0.25) is 0 Å². The fourth-order valence-electron chi connectivity index (χ4n) is 4.51. The van der Waals surface area contributed by atoms with Crippen LogP contribution in [0.3, 0.4) is 0 Å². The van der Waals surface area contributed by atoms with Crippen molar-refractivity contribution in [3.05, 3.63) is 41.3 Å². The van der Waals surface area contributed by atoms with Crippen molar-refractivity contribution in [1.82, 2.24) is 15.0 Å². The van der Waals surface area contributed by atoms with Crippen LogP contribution in [0.4, 0.5) is 10.6 Å². The summed E-state index contributed by atoms with van der Waals surface area (Å²) in [6.07, 6.45) is 8.39. The molecule has 0 saturated carbocycles. The molecule has 10 nitrogen and oxygen atoms in total. The lowest BCUT2D eigenvalue weighted by molar-refractivity contribution is -0.141. The molecule has 1 aliphatic heterocycles. The van der Waals surface area contributed by atoms with Gasteiger partial charge in [-0.2, -0.15) is 0 Å². The largest absolute Gasteiger partial charge is 0.469 e. The number of ketones is 1. The van der Waals surface area contributed by atoms with Crippen LogP contribution in [0, 0.1) is 0 Å². The van der Waals surface area contributed by atoms with Gasteiger partial charge in [-0.3, -0.25) is 14.5 Å². The molecular weight excluding hydrogens is 500 g/mol. The molecule has 0 aliphatic carbocycles. The van der Waals surface area contributed by atoms with Crippen LogP contribution in [0.5, 0.6) is 6.01 Å². The van der Waals surface area contributed by atoms with E-state index in [0.29, 0.717) is 37.2 Å². The highest BCUT2D eigenvalue weighted by molar-refractivity contribution is 5.87. The van der Waals surface area contributed by atoms with Crippen molar-refractivity contribution in [3.8, 4) is 6.01 Å². The molecule has 0 N–H and O–H groups in total. The Morgan fingerprint density at radius 2 is 1.77 bits per heavy atom. The minimum absolute atomic E-state index is 0.0608. The van der Waals surface area contributed by atoms with Crippen LogP contribution in [-0.4, -0.2) is 59.2 Å². The summed E-state index contributed by atoms with van der Waals surface area (Å²) in [5.41, 5.74) is 2.05. The molecule has 39 heavy (non-hydrogen) atoms. The first-order valence-corrected chi connectivity index (χ1v) is 13.5. The van der Waals surface area contributed by atoms with Gasteiger partial charge in [0.05, 0.1) is 20.6 Å². The van der Waals surface area contributed by atoms with Gasteiger partial charge in [-0.25, -0.2) is 19.7 Å². The van der Waals surface area contributed by atoms with E-state index < -0.39 is 11.6 Å². The highest BCUT2D eigenvalue weighted by Crippen LogP contribution is 2.28. The topological polar surface area (TPSA) is 121 Å². The zero-order chi connectivity index (χ0) is 28.4. The number of rotatable bonds is 11. The quantitative estimate of drug-likeness (QED) is 0.287. The van der Waals surface area contributed by atoms with E-state index in [2.05, 4.69) is 16.0 Å². The molecule has 2 aromatic rings. The summed E-state index contributed by atoms with van der Waals surface area (Å²) in [6, 6.07) is 4.29. The van der Waals surface area contributed by atoms with E-state index in [1.165, 1.54) is 14.2 Å². The number of amides is 1. The minimum Gasteiger partial charge on any atom is -0.469 e. The molecule has 0 aromatic carbocycles. The molecule has 0 saturated heterocycles. The number of hydrogen-bond acceptors (Lipinski definition) is 9. The zero-order valence-corrected chi connectivity index (χ0v) is 23.7. The number of aromatic nitrogens is 3. The Balaban J connectivity index is 1.57. The summed E-state index contributed by atoms with van der Waals surface area (Å²) in [5, 5.41) is 0. The predicted molar refractivity (Wildman–Crippen MR) is 146 cm³/mol. The molecule has 0 fully saturated rings. The molecule has 10 heteroatoms. The van der Waals surface area contributed by atoms with E-state index in [1.807, 2.05) is 26.8 Å². The van der Waals surface area contributed by atoms with Gasteiger partial charge < -0.3 is 14.2 Å². The predicted octanol–water partition coefficient (Wildman–Crippen LogP) is 4.98. The maximum atomic E-state index is 12.9. The van der Waals surface area contributed by atoms with Crippen LogP contribution >= 0.6 is 0 Å². The number of methoxy groups -OCH3 is 2. The number of pyridine rings is 1.